The number of hydrogen-bond donors (Lipinski definition) is 0. The zero-order chi connectivity index (χ0) is 16.9. The molecule has 0 N–H and O–H groups in total. The minimum absolute atomic E-state index is 0.0585. The summed E-state index contributed by atoms with van der Waals surface area (Å²) in [5.74, 6) is 0.466. The summed E-state index contributed by atoms with van der Waals surface area (Å²) in [6, 6.07) is 17.8. The smallest absolute Gasteiger partial charge is 0.244 e. The van der Waals surface area contributed by atoms with E-state index in [-0.39, 0.29) is 12.5 Å². The topological polar surface area (TPSA) is 51.0 Å². The van der Waals surface area contributed by atoms with Crippen LogP contribution in [0.4, 0.5) is 0 Å². The molecule has 0 saturated heterocycles. The summed E-state index contributed by atoms with van der Waals surface area (Å²) in [6.45, 7) is 5.79. The van der Waals surface area contributed by atoms with Gasteiger partial charge in [-0.05, 0) is 23.6 Å². The second-order valence-corrected chi connectivity index (χ2v) is 6.39. The number of nitrogens with zero attached hydrogens (tertiary/aromatic N) is 4. The van der Waals surface area contributed by atoms with Crippen LogP contribution in [0.5, 0.6) is 0 Å². The maximum absolute atomic E-state index is 12.8. The average Bonchev–Trinajstić information content (AvgIpc) is 2.98. The van der Waals surface area contributed by atoms with Crippen LogP contribution in [-0.2, 0) is 17.9 Å². The van der Waals surface area contributed by atoms with E-state index in [0.29, 0.717) is 12.5 Å². The molecule has 0 aliphatic rings. The summed E-state index contributed by atoms with van der Waals surface area (Å²) >= 11 is 0. The fourth-order valence-electron chi connectivity index (χ4n) is 2.76. The molecule has 0 aliphatic heterocycles. The first-order chi connectivity index (χ1) is 11.6. The summed E-state index contributed by atoms with van der Waals surface area (Å²) in [5, 5.41) is 8.24. The quantitative estimate of drug-likeness (QED) is 0.700. The molecule has 0 aliphatic carbocycles. The van der Waals surface area contributed by atoms with Crippen LogP contribution in [0.25, 0.3) is 11.0 Å². The van der Waals surface area contributed by atoms with Gasteiger partial charge in [-0.1, -0.05) is 61.5 Å². The number of hydrogen-bond acceptors (Lipinski definition) is 3. The molecule has 24 heavy (non-hydrogen) atoms. The predicted molar refractivity (Wildman–Crippen MR) is 94.2 cm³/mol. The average molecular weight is 322 g/mol. The molecule has 0 atom stereocenters. The Morgan fingerprint density at radius 3 is 2.54 bits per heavy atom. The molecule has 0 fully saturated rings. The molecule has 124 valence electrons. The van der Waals surface area contributed by atoms with Gasteiger partial charge in [0, 0.05) is 13.1 Å². The van der Waals surface area contributed by atoms with E-state index in [1.165, 1.54) is 0 Å². The highest BCUT2D eigenvalue weighted by Gasteiger charge is 2.17. The van der Waals surface area contributed by atoms with Crippen molar-refractivity contribution in [1.29, 1.82) is 0 Å². The highest BCUT2D eigenvalue weighted by atomic mass is 16.2. The Morgan fingerprint density at radius 1 is 1.08 bits per heavy atom. The summed E-state index contributed by atoms with van der Waals surface area (Å²) < 4.78 is 1.68. The van der Waals surface area contributed by atoms with Crippen molar-refractivity contribution in [2.24, 2.45) is 5.92 Å². The van der Waals surface area contributed by atoms with Crippen LogP contribution in [-0.4, -0.2) is 32.3 Å². The van der Waals surface area contributed by atoms with Crippen molar-refractivity contribution in [2.45, 2.75) is 26.9 Å². The summed E-state index contributed by atoms with van der Waals surface area (Å²) in [7, 11) is 0. The van der Waals surface area contributed by atoms with Gasteiger partial charge in [0.1, 0.15) is 12.1 Å². The van der Waals surface area contributed by atoms with Gasteiger partial charge in [0.05, 0.1) is 5.52 Å². The molecule has 3 rings (SSSR count). The zero-order valence-electron chi connectivity index (χ0n) is 14.1. The van der Waals surface area contributed by atoms with Gasteiger partial charge in [0.25, 0.3) is 0 Å². The van der Waals surface area contributed by atoms with E-state index in [1.807, 2.05) is 59.5 Å². The van der Waals surface area contributed by atoms with Gasteiger partial charge in [0.15, 0.2) is 0 Å². The van der Waals surface area contributed by atoms with E-state index < -0.39 is 0 Å². The lowest BCUT2D eigenvalue weighted by Gasteiger charge is -2.25. The number of carbonyl (C=O) groups excluding carboxylic acids is 1. The highest BCUT2D eigenvalue weighted by Crippen LogP contribution is 2.12. The molecule has 1 aromatic heterocycles. The van der Waals surface area contributed by atoms with Crippen molar-refractivity contribution in [1.82, 2.24) is 19.9 Å². The minimum Gasteiger partial charge on any atom is -0.337 e. The van der Waals surface area contributed by atoms with Crippen molar-refractivity contribution in [3.8, 4) is 0 Å². The molecule has 5 nitrogen and oxygen atoms in total. The number of para-hydroxylation sites is 1. The Balaban J connectivity index is 1.78. The van der Waals surface area contributed by atoms with E-state index in [2.05, 4.69) is 24.2 Å². The summed E-state index contributed by atoms with van der Waals surface area (Å²) in [5.41, 5.74) is 2.83. The summed E-state index contributed by atoms with van der Waals surface area (Å²) in [6.07, 6.45) is 0. The molecule has 1 heterocycles. The van der Waals surface area contributed by atoms with Crippen molar-refractivity contribution in [3.63, 3.8) is 0 Å². The van der Waals surface area contributed by atoms with Gasteiger partial charge in [0.2, 0.25) is 5.91 Å². The van der Waals surface area contributed by atoms with E-state index in [0.717, 1.165) is 23.1 Å². The molecule has 5 heteroatoms. The SMILES string of the molecule is CC(C)CN(Cc1ccccc1)C(=O)Cn1nnc2ccccc21. The molecule has 0 saturated carbocycles. The standard InChI is InChI=1S/C19H22N4O/c1-15(2)12-22(13-16-8-4-3-5-9-16)19(24)14-23-18-11-7-6-10-17(18)20-21-23/h3-11,15H,12-14H2,1-2H3. The van der Waals surface area contributed by atoms with Crippen LogP contribution < -0.4 is 0 Å². The van der Waals surface area contributed by atoms with Gasteiger partial charge >= 0.3 is 0 Å². The third kappa shape index (κ3) is 3.79. The number of carbonyl (C=O) groups is 1. The van der Waals surface area contributed by atoms with Crippen molar-refractivity contribution < 1.29 is 4.79 Å². The second kappa shape index (κ2) is 7.25. The van der Waals surface area contributed by atoms with Gasteiger partial charge in [-0.3, -0.25) is 4.79 Å². The van der Waals surface area contributed by atoms with Crippen LogP contribution in [0.1, 0.15) is 19.4 Å². The Morgan fingerprint density at radius 2 is 1.79 bits per heavy atom. The molecule has 0 radical (unpaired) electrons. The highest BCUT2D eigenvalue weighted by molar-refractivity contribution is 5.79. The number of amides is 1. The van der Waals surface area contributed by atoms with Gasteiger partial charge in [-0.2, -0.15) is 0 Å². The fraction of sp³-hybridized carbons (Fsp3) is 0.316. The van der Waals surface area contributed by atoms with Crippen LogP contribution in [0.15, 0.2) is 54.6 Å². The lowest BCUT2D eigenvalue weighted by Crippen LogP contribution is -2.36. The van der Waals surface area contributed by atoms with Crippen molar-refractivity contribution in [3.05, 3.63) is 60.2 Å². The Hall–Kier alpha value is -2.69. The number of benzene rings is 2. The summed E-state index contributed by atoms with van der Waals surface area (Å²) in [4.78, 5) is 14.7. The molecule has 0 unspecified atom stereocenters. The molecule has 0 spiro atoms. The molecular formula is C19H22N4O. The van der Waals surface area contributed by atoms with E-state index in [1.54, 1.807) is 4.68 Å². The monoisotopic (exact) mass is 322 g/mol. The van der Waals surface area contributed by atoms with Crippen LogP contribution >= 0.6 is 0 Å². The normalized spacial score (nSPS) is 11.1. The predicted octanol–water partition coefficient (Wildman–Crippen LogP) is 3.12. The first-order valence-electron chi connectivity index (χ1n) is 8.23. The van der Waals surface area contributed by atoms with Gasteiger partial charge in [-0.25, -0.2) is 4.68 Å². The number of rotatable bonds is 6. The third-order valence-corrected chi connectivity index (χ3v) is 3.86. The molecule has 3 aromatic rings. The van der Waals surface area contributed by atoms with E-state index >= 15 is 0 Å². The minimum atomic E-state index is 0.0585. The third-order valence-electron chi connectivity index (χ3n) is 3.86. The second-order valence-electron chi connectivity index (χ2n) is 6.39. The van der Waals surface area contributed by atoms with Crippen LogP contribution in [0.2, 0.25) is 0 Å². The molecular weight excluding hydrogens is 300 g/mol. The number of aromatic nitrogens is 3. The van der Waals surface area contributed by atoms with Gasteiger partial charge < -0.3 is 4.90 Å². The number of fused-ring (bicyclic) bond motifs is 1. The Kier molecular flexibility index (Phi) is 4.89. The Bertz CT molecular complexity index is 810. The molecule has 1 amide bonds. The van der Waals surface area contributed by atoms with Crippen LogP contribution in [0.3, 0.4) is 0 Å². The van der Waals surface area contributed by atoms with E-state index in [9.17, 15) is 4.79 Å². The van der Waals surface area contributed by atoms with Gasteiger partial charge in [-0.15, -0.1) is 5.10 Å². The van der Waals surface area contributed by atoms with Crippen LogP contribution in [0, 0.1) is 5.92 Å². The maximum Gasteiger partial charge on any atom is 0.244 e. The lowest BCUT2D eigenvalue weighted by atomic mass is 10.1. The first kappa shape index (κ1) is 16.2. The first-order valence-corrected chi connectivity index (χ1v) is 8.23. The van der Waals surface area contributed by atoms with Crippen molar-refractivity contribution >= 4 is 16.9 Å². The largest absolute Gasteiger partial charge is 0.337 e. The van der Waals surface area contributed by atoms with Crippen molar-refractivity contribution in [2.75, 3.05) is 6.54 Å². The van der Waals surface area contributed by atoms with E-state index in [4.69, 9.17) is 0 Å². The lowest BCUT2D eigenvalue weighted by molar-refractivity contribution is -0.133. The molecule has 2 aromatic carbocycles. The Labute approximate surface area is 141 Å². The maximum atomic E-state index is 12.8. The fourth-order valence-corrected chi connectivity index (χ4v) is 2.76. The molecule has 0 bridgehead atoms. The zero-order valence-corrected chi connectivity index (χ0v) is 14.1.